The molecule has 0 heterocycles. The van der Waals surface area contributed by atoms with Crippen molar-refractivity contribution in [2.45, 2.75) is 13.5 Å². The van der Waals surface area contributed by atoms with Crippen LogP contribution in [0.2, 0.25) is 0 Å². The number of aromatic hydroxyl groups is 2. The fraction of sp³-hybridized carbons (Fsp3) is 0.333. The summed E-state index contributed by atoms with van der Waals surface area (Å²) in [6.45, 7) is 3.28. The molecule has 0 spiro atoms. The van der Waals surface area contributed by atoms with E-state index < -0.39 is 0 Å². The molecule has 0 aliphatic carbocycles. The Labute approximate surface area is 71.7 Å². The molecule has 0 amide bonds. The fourth-order valence-corrected chi connectivity index (χ4v) is 0.994. The molecule has 0 atom stereocenters. The molecular weight excluding hydrogens is 154 g/mol. The minimum absolute atomic E-state index is 0.135. The van der Waals surface area contributed by atoms with Crippen LogP contribution in [0.5, 0.6) is 11.5 Å². The summed E-state index contributed by atoms with van der Waals surface area (Å²) in [5, 5.41) is 21.7. The van der Waals surface area contributed by atoms with Crippen molar-refractivity contribution in [3.05, 3.63) is 23.8 Å². The average molecular weight is 167 g/mol. The second-order valence-corrected chi connectivity index (χ2v) is 2.56. The molecule has 66 valence electrons. The summed E-state index contributed by atoms with van der Waals surface area (Å²) in [5.41, 5.74) is 0.555. The predicted molar refractivity (Wildman–Crippen MR) is 47.2 cm³/mol. The third-order valence-corrected chi connectivity index (χ3v) is 1.68. The van der Waals surface area contributed by atoms with E-state index in [1.807, 2.05) is 6.92 Å². The molecule has 12 heavy (non-hydrogen) atoms. The first-order valence-electron chi connectivity index (χ1n) is 3.96. The van der Waals surface area contributed by atoms with Crippen molar-refractivity contribution < 1.29 is 10.2 Å². The molecule has 0 unspecified atom stereocenters. The van der Waals surface area contributed by atoms with Crippen LogP contribution in [0.4, 0.5) is 0 Å². The highest BCUT2D eigenvalue weighted by Gasteiger charge is 2.04. The van der Waals surface area contributed by atoms with Gasteiger partial charge in [0.05, 0.1) is 0 Å². The summed E-state index contributed by atoms with van der Waals surface area (Å²) in [7, 11) is 0. The van der Waals surface area contributed by atoms with Crippen LogP contribution in [0.1, 0.15) is 12.5 Å². The van der Waals surface area contributed by atoms with Crippen LogP contribution in [0, 0.1) is 0 Å². The number of hydrogen-bond donors (Lipinski definition) is 3. The van der Waals surface area contributed by atoms with Crippen LogP contribution in [0.3, 0.4) is 0 Å². The smallest absolute Gasteiger partial charge is 0.123 e. The molecule has 1 aromatic rings. The summed E-state index contributed by atoms with van der Waals surface area (Å²) in [5.74, 6) is 0.270. The average Bonchev–Trinajstić information content (AvgIpc) is 2.04. The molecule has 0 saturated carbocycles. The molecule has 0 fully saturated rings. The van der Waals surface area contributed by atoms with Crippen molar-refractivity contribution >= 4 is 0 Å². The Morgan fingerprint density at radius 1 is 1.25 bits per heavy atom. The Morgan fingerprint density at radius 3 is 2.33 bits per heavy atom. The van der Waals surface area contributed by atoms with E-state index in [-0.39, 0.29) is 11.5 Å². The molecule has 1 rings (SSSR count). The van der Waals surface area contributed by atoms with E-state index in [4.69, 9.17) is 0 Å². The Balaban J connectivity index is 2.81. The number of nitrogens with one attached hydrogen (secondary N) is 1. The number of benzene rings is 1. The minimum atomic E-state index is 0.135. The van der Waals surface area contributed by atoms with Crippen LogP contribution in [0.15, 0.2) is 18.2 Å². The molecule has 3 nitrogen and oxygen atoms in total. The first-order valence-corrected chi connectivity index (χ1v) is 3.96. The van der Waals surface area contributed by atoms with Crippen LogP contribution >= 0.6 is 0 Å². The zero-order valence-corrected chi connectivity index (χ0v) is 7.04. The van der Waals surface area contributed by atoms with Gasteiger partial charge >= 0.3 is 0 Å². The number of rotatable bonds is 3. The lowest BCUT2D eigenvalue weighted by atomic mass is 10.2. The van der Waals surface area contributed by atoms with Crippen LogP contribution in [-0.2, 0) is 6.54 Å². The van der Waals surface area contributed by atoms with E-state index in [0.29, 0.717) is 12.1 Å². The van der Waals surface area contributed by atoms with Gasteiger partial charge in [0.25, 0.3) is 0 Å². The molecule has 1 aromatic carbocycles. The molecular formula is C9H13NO2. The molecule has 0 saturated heterocycles. The zero-order chi connectivity index (χ0) is 8.97. The minimum Gasteiger partial charge on any atom is -0.507 e. The van der Waals surface area contributed by atoms with Crippen molar-refractivity contribution in [1.29, 1.82) is 0 Å². The maximum absolute atomic E-state index is 9.32. The Bertz CT molecular complexity index is 240. The van der Waals surface area contributed by atoms with Crippen molar-refractivity contribution in [1.82, 2.24) is 5.32 Å². The van der Waals surface area contributed by atoms with E-state index in [1.54, 1.807) is 18.2 Å². The van der Waals surface area contributed by atoms with E-state index in [1.165, 1.54) is 0 Å². The van der Waals surface area contributed by atoms with Gasteiger partial charge in [-0.25, -0.2) is 0 Å². The lowest BCUT2D eigenvalue weighted by molar-refractivity contribution is 0.434. The largest absolute Gasteiger partial charge is 0.507 e. The van der Waals surface area contributed by atoms with Crippen LogP contribution in [-0.4, -0.2) is 16.8 Å². The number of phenols is 2. The van der Waals surface area contributed by atoms with Gasteiger partial charge in [0, 0.05) is 12.1 Å². The highest BCUT2D eigenvalue weighted by atomic mass is 16.3. The molecule has 0 aromatic heterocycles. The lowest BCUT2D eigenvalue weighted by Crippen LogP contribution is -2.11. The third-order valence-electron chi connectivity index (χ3n) is 1.68. The van der Waals surface area contributed by atoms with Gasteiger partial charge in [-0.05, 0) is 18.7 Å². The Hall–Kier alpha value is -1.22. The van der Waals surface area contributed by atoms with E-state index in [2.05, 4.69) is 5.32 Å². The molecule has 3 N–H and O–H groups in total. The molecule has 3 heteroatoms. The van der Waals surface area contributed by atoms with Crippen LogP contribution in [0.25, 0.3) is 0 Å². The van der Waals surface area contributed by atoms with E-state index in [0.717, 1.165) is 6.54 Å². The number of phenolic OH excluding ortho intramolecular Hbond substituents is 2. The SMILES string of the molecule is CCNCc1c(O)cccc1O. The summed E-state index contributed by atoms with van der Waals surface area (Å²) in [4.78, 5) is 0. The van der Waals surface area contributed by atoms with Gasteiger partial charge in [0.15, 0.2) is 0 Å². The van der Waals surface area contributed by atoms with Gasteiger partial charge in [0.1, 0.15) is 11.5 Å². The molecule has 0 aliphatic heterocycles. The van der Waals surface area contributed by atoms with Crippen molar-refractivity contribution in [2.24, 2.45) is 0 Å². The maximum Gasteiger partial charge on any atom is 0.123 e. The second-order valence-electron chi connectivity index (χ2n) is 2.56. The quantitative estimate of drug-likeness (QED) is 0.634. The molecule has 0 radical (unpaired) electrons. The second kappa shape index (κ2) is 3.97. The first kappa shape index (κ1) is 8.87. The van der Waals surface area contributed by atoms with Gasteiger partial charge in [-0.2, -0.15) is 0 Å². The first-order chi connectivity index (χ1) is 5.75. The highest BCUT2D eigenvalue weighted by Crippen LogP contribution is 2.25. The lowest BCUT2D eigenvalue weighted by Gasteiger charge is -2.06. The van der Waals surface area contributed by atoms with Crippen LogP contribution < -0.4 is 5.32 Å². The summed E-state index contributed by atoms with van der Waals surface area (Å²) in [6, 6.07) is 4.74. The summed E-state index contributed by atoms with van der Waals surface area (Å²) in [6.07, 6.45) is 0. The van der Waals surface area contributed by atoms with E-state index >= 15 is 0 Å². The van der Waals surface area contributed by atoms with Gasteiger partial charge in [0.2, 0.25) is 0 Å². The van der Waals surface area contributed by atoms with Crippen molar-refractivity contribution in [3.63, 3.8) is 0 Å². The zero-order valence-electron chi connectivity index (χ0n) is 7.04. The molecule has 0 bridgehead atoms. The van der Waals surface area contributed by atoms with Gasteiger partial charge in [-0.15, -0.1) is 0 Å². The standard InChI is InChI=1S/C9H13NO2/c1-2-10-6-7-8(11)4-3-5-9(7)12/h3-5,10-12H,2,6H2,1H3. The normalized spacial score (nSPS) is 10.1. The Morgan fingerprint density at radius 2 is 1.83 bits per heavy atom. The van der Waals surface area contributed by atoms with Gasteiger partial charge in [-0.1, -0.05) is 13.0 Å². The third kappa shape index (κ3) is 1.89. The monoisotopic (exact) mass is 167 g/mol. The fourth-order valence-electron chi connectivity index (χ4n) is 0.994. The highest BCUT2D eigenvalue weighted by molar-refractivity contribution is 5.42. The van der Waals surface area contributed by atoms with Crippen molar-refractivity contribution in [2.75, 3.05) is 6.54 Å². The maximum atomic E-state index is 9.32. The number of hydrogen-bond acceptors (Lipinski definition) is 3. The Kier molecular flexibility index (Phi) is 2.94. The van der Waals surface area contributed by atoms with Gasteiger partial charge < -0.3 is 15.5 Å². The van der Waals surface area contributed by atoms with Crippen molar-refractivity contribution in [3.8, 4) is 11.5 Å². The van der Waals surface area contributed by atoms with Gasteiger partial charge in [-0.3, -0.25) is 0 Å². The predicted octanol–water partition coefficient (Wildman–Crippen LogP) is 1.21. The summed E-state index contributed by atoms with van der Waals surface area (Å²) < 4.78 is 0. The summed E-state index contributed by atoms with van der Waals surface area (Å²) >= 11 is 0. The topological polar surface area (TPSA) is 52.5 Å². The van der Waals surface area contributed by atoms with E-state index in [9.17, 15) is 10.2 Å². The molecule has 0 aliphatic rings.